The van der Waals surface area contributed by atoms with Crippen LogP contribution in [-0.4, -0.2) is 25.6 Å². The van der Waals surface area contributed by atoms with Gasteiger partial charge in [0.05, 0.1) is 23.4 Å². The van der Waals surface area contributed by atoms with Gasteiger partial charge in [0.25, 0.3) is 5.91 Å². The summed E-state index contributed by atoms with van der Waals surface area (Å²) in [6, 6.07) is 11.9. The summed E-state index contributed by atoms with van der Waals surface area (Å²) in [6.45, 7) is 1.80. The van der Waals surface area contributed by atoms with Gasteiger partial charge in [-0.15, -0.1) is 0 Å². The van der Waals surface area contributed by atoms with Gasteiger partial charge in [-0.3, -0.25) is 4.79 Å². The quantitative estimate of drug-likeness (QED) is 0.851. The Bertz CT molecular complexity index is 713. The molecule has 0 saturated carbocycles. The number of carbonyl (C=O) groups is 2. The molecule has 2 rings (SSSR count). The number of rotatable bonds is 5. The van der Waals surface area contributed by atoms with Crippen molar-refractivity contribution in [2.45, 2.75) is 6.92 Å². The maximum absolute atomic E-state index is 11.9. The van der Waals surface area contributed by atoms with Gasteiger partial charge in [0.15, 0.2) is 6.61 Å². The Balaban J connectivity index is 1.99. The van der Waals surface area contributed by atoms with Gasteiger partial charge < -0.3 is 14.8 Å². The van der Waals surface area contributed by atoms with Crippen LogP contribution in [0.15, 0.2) is 42.5 Å². The highest BCUT2D eigenvalue weighted by Crippen LogP contribution is 2.23. The molecule has 0 heterocycles. The van der Waals surface area contributed by atoms with Crippen LogP contribution in [0.2, 0.25) is 5.02 Å². The minimum absolute atomic E-state index is 0.165. The van der Waals surface area contributed by atoms with Crippen LogP contribution in [0, 0.1) is 6.92 Å². The van der Waals surface area contributed by atoms with Crippen LogP contribution in [0.1, 0.15) is 15.9 Å². The fourth-order valence-corrected chi connectivity index (χ4v) is 2.00. The van der Waals surface area contributed by atoms with Crippen LogP contribution in [0.3, 0.4) is 0 Å². The van der Waals surface area contributed by atoms with Gasteiger partial charge in [-0.2, -0.15) is 0 Å². The van der Waals surface area contributed by atoms with E-state index in [4.69, 9.17) is 16.3 Å². The molecule has 2 aromatic carbocycles. The molecule has 0 unspecified atom stereocenters. The van der Waals surface area contributed by atoms with Crippen molar-refractivity contribution in [1.29, 1.82) is 0 Å². The Hall–Kier alpha value is -2.53. The molecule has 120 valence electrons. The number of carbonyl (C=O) groups excluding carboxylic acids is 2. The molecule has 5 nitrogen and oxygen atoms in total. The summed E-state index contributed by atoms with van der Waals surface area (Å²) in [6.07, 6.45) is 0. The zero-order valence-electron chi connectivity index (χ0n) is 12.8. The van der Waals surface area contributed by atoms with E-state index in [1.165, 1.54) is 25.3 Å². The summed E-state index contributed by atoms with van der Waals surface area (Å²) in [5.41, 5.74) is 1.73. The van der Waals surface area contributed by atoms with Crippen molar-refractivity contribution in [2.24, 2.45) is 0 Å². The molecule has 1 N–H and O–H groups in total. The molecular formula is C17H16ClNO4. The minimum Gasteiger partial charge on any atom is -0.484 e. The Kier molecular flexibility index (Phi) is 5.60. The average Bonchev–Trinajstić information content (AvgIpc) is 2.55. The lowest BCUT2D eigenvalue weighted by atomic mass is 10.2. The van der Waals surface area contributed by atoms with E-state index < -0.39 is 5.97 Å². The van der Waals surface area contributed by atoms with E-state index in [1.807, 2.05) is 19.1 Å². The fraction of sp³-hybridized carbons (Fsp3) is 0.176. The SMILES string of the molecule is COC(=O)c1ccc(Cl)c(NC(=O)COc2ccc(C)cc2)c1. The van der Waals surface area contributed by atoms with Gasteiger partial charge in [0.2, 0.25) is 0 Å². The summed E-state index contributed by atoms with van der Waals surface area (Å²) >= 11 is 6.02. The number of aryl methyl sites for hydroxylation is 1. The van der Waals surface area contributed by atoms with Crippen LogP contribution in [0.5, 0.6) is 5.75 Å². The first-order valence-electron chi connectivity index (χ1n) is 6.87. The van der Waals surface area contributed by atoms with Crippen molar-refractivity contribution in [2.75, 3.05) is 19.0 Å². The van der Waals surface area contributed by atoms with Crippen LogP contribution in [0.25, 0.3) is 0 Å². The molecule has 0 aromatic heterocycles. The standard InChI is InChI=1S/C17H16ClNO4/c1-11-3-6-13(7-4-11)23-10-16(20)19-15-9-12(17(21)22-2)5-8-14(15)18/h3-9H,10H2,1-2H3,(H,19,20). The highest BCUT2D eigenvalue weighted by atomic mass is 35.5. The van der Waals surface area contributed by atoms with E-state index >= 15 is 0 Å². The monoisotopic (exact) mass is 333 g/mol. The highest BCUT2D eigenvalue weighted by Gasteiger charge is 2.11. The second-order valence-corrected chi connectivity index (χ2v) is 5.24. The van der Waals surface area contributed by atoms with Gasteiger partial charge in [-0.1, -0.05) is 29.3 Å². The maximum Gasteiger partial charge on any atom is 0.337 e. The zero-order chi connectivity index (χ0) is 16.8. The second kappa shape index (κ2) is 7.65. The van der Waals surface area contributed by atoms with E-state index in [0.29, 0.717) is 22.0 Å². The molecule has 0 aliphatic heterocycles. The van der Waals surface area contributed by atoms with Crippen molar-refractivity contribution < 1.29 is 19.1 Å². The summed E-state index contributed by atoms with van der Waals surface area (Å²) < 4.78 is 10.0. The second-order valence-electron chi connectivity index (χ2n) is 4.84. The predicted octanol–water partition coefficient (Wildman–Crippen LogP) is 3.45. The molecule has 23 heavy (non-hydrogen) atoms. The van der Waals surface area contributed by atoms with E-state index in [2.05, 4.69) is 10.1 Å². The topological polar surface area (TPSA) is 64.6 Å². The fourth-order valence-electron chi connectivity index (χ4n) is 1.84. The van der Waals surface area contributed by atoms with Crippen LogP contribution in [0.4, 0.5) is 5.69 Å². The molecule has 2 aromatic rings. The Labute approximate surface area is 139 Å². The van der Waals surface area contributed by atoms with Crippen molar-refractivity contribution in [3.05, 3.63) is 58.6 Å². The number of hydrogen-bond donors (Lipinski definition) is 1. The number of halogens is 1. The average molecular weight is 334 g/mol. The zero-order valence-corrected chi connectivity index (χ0v) is 13.5. The number of esters is 1. The molecule has 0 saturated heterocycles. The number of amides is 1. The van der Waals surface area contributed by atoms with E-state index in [0.717, 1.165) is 5.56 Å². The van der Waals surface area contributed by atoms with Crippen molar-refractivity contribution in [3.8, 4) is 5.75 Å². The predicted molar refractivity (Wildman–Crippen MR) is 88.1 cm³/mol. The molecule has 6 heteroatoms. The third kappa shape index (κ3) is 4.72. The van der Waals surface area contributed by atoms with Crippen LogP contribution >= 0.6 is 11.6 Å². The maximum atomic E-state index is 11.9. The molecule has 0 spiro atoms. The highest BCUT2D eigenvalue weighted by molar-refractivity contribution is 6.33. The number of benzene rings is 2. The molecule has 0 aliphatic rings. The lowest BCUT2D eigenvalue weighted by molar-refractivity contribution is -0.118. The molecular weight excluding hydrogens is 318 g/mol. The molecule has 1 amide bonds. The van der Waals surface area contributed by atoms with Crippen molar-refractivity contribution in [1.82, 2.24) is 0 Å². The van der Waals surface area contributed by atoms with E-state index in [9.17, 15) is 9.59 Å². The lowest BCUT2D eigenvalue weighted by Crippen LogP contribution is -2.20. The van der Waals surface area contributed by atoms with E-state index in [1.54, 1.807) is 12.1 Å². The summed E-state index contributed by atoms with van der Waals surface area (Å²) in [4.78, 5) is 23.4. The number of anilines is 1. The van der Waals surface area contributed by atoms with Gasteiger partial charge in [0.1, 0.15) is 5.75 Å². The number of ether oxygens (including phenoxy) is 2. The molecule has 0 bridgehead atoms. The Morgan fingerprint density at radius 3 is 2.48 bits per heavy atom. The number of methoxy groups -OCH3 is 1. The number of nitrogens with one attached hydrogen (secondary N) is 1. The lowest BCUT2D eigenvalue weighted by Gasteiger charge is -2.10. The van der Waals surface area contributed by atoms with Gasteiger partial charge >= 0.3 is 5.97 Å². The summed E-state index contributed by atoms with van der Waals surface area (Å²) in [7, 11) is 1.28. The van der Waals surface area contributed by atoms with E-state index in [-0.39, 0.29) is 12.5 Å². The third-order valence-electron chi connectivity index (χ3n) is 3.05. The van der Waals surface area contributed by atoms with Crippen LogP contribution in [-0.2, 0) is 9.53 Å². The van der Waals surface area contributed by atoms with Crippen molar-refractivity contribution >= 4 is 29.2 Å². The van der Waals surface area contributed by atoms with Gasteiger partial charge in [0, 0.05) is 0 Å². The number of hydrogen-bond acceptors (Lipinski definition) is 4. The normalized spacial score (nSPS) is 10.0. The van der Waals surface area contributed by atoms with Gasteiger partial charge in [-0.05, 0) is 37.3 Å². The summed E-state index contributed by atoms with van der Waals surface area (Å²) in [5.74, 6) is -0.289. The molecule has 0 atom stereocenters. The Morgan fingerprint density at radius 1 is 1.13 bits per heavy atom. The first-order chi connectivity index (χ1) is 11.0. The van der Waals surface area contributed by atoms with Gasteiger partial charge in [-0.25, -0.2) is 4.79 Å². The minimum atomic E-state index is -0.506. The Morgan fingerprint density at radius 2 is 1.83 bits per heavy atom. The molecule has 0 radical (unpaired) electrons. The first kappa shape index (κ1) is 16.8. The largest absolute Gasteiger partial charge is 0.484 e. The smallest absolute Gasteiger partial charge is 0.337 e. The van der Waals surface area contributed by atoms with Crippen LogP contribution < -0.4 is 10.1 Å². The summed E-state index contributed by atoms with van der Waals surface area (Å²) in [5, 5.41) is 2.93. The molecule has 0 aliphatic carbocycles. The third-order valence-corrected chi connectivity index (χ3v) is 3.38. The first-order valence-corrected chi connectivity index (χ1v) is 7.24. The molecule has 0 fully saturated rings. The van der Waals surface area contributed by atoms with Crippen molar-refractivity contribution in [3.63, 3.8) is 0 Å².